The molecule has 3 nitrogen and oxygen atoms in total. The van der Waals surface area contributed by atoms with E-state index >= 15 is 0 Å². The molecule has 0 bridgehead atoms. The van der Waals surface area contributed by atoms with Crippen molar-refractivity contribution in [2.75, 3.05) is 0 Å². The third-order valence-corrected chi connectivity index (χ3v) is 2.95. The Morgan fingerprint density at radius 1 is 1.06 bits per heavy atom. The van der Waals surface area contributed by atoms with Crippen molar-refractivity contribution < 1.29 is 4.42 Å². The monoisotopic (exact) mass is 238 g/mol. The van der Waals surface area contributed by atoms with Crippen LogP contribution in [0.25, 0.3) is 11.1 Å². The van der Waals surface area contributed by atoms with E-state index < -0.39 is 0 Å². The normalized spacial score (nSPS) is 12.2. The van der Waals surface area contributed by atoms with E-state index in [1.165, 1.54) is 5.56 Å². The van der Waals surface area contributed by atoms with Gasteiger partial charge in [0.2, 0.25) is 0 Å². The topological polar surface area (TPSA) is 30.4 Å². The van der Waals surface area contributed by atoms with Crippen molar-refractivity contribution in [1.82, 2.24) is 4.57 Å². The first kappa shape index (κ1) is 10.8. The quantitative estimate of drug-likeness (QED) is 0.639. The number of rotatable bonds is 1. The van der Waals surface area contributed by atoms with Crippen molar-refractivity contribution in [1.29, 1.82) is 0 Å². The summed E-state index contributed by atoms with van der Waals surface area (Å²) in [5, 5.41) is 0. The highest BCUT2D eigenvalue weighted by molar-refractivity contribution is 5.73. The number of hydrogen-bond acceptors (Lipinski definition) is 2. The summed E-state index contributed by atoms with van der Waals surface area (Å²) >= 11 is 0. The predicted molar refractivity (Wildman–Crippen MR) is 71.6 cm³/mol. The highest BCUT2D eigenvalue weighted by atomic mass is 16.3. The van der Waals surface area contributed by atoms with Gasteiger partial charge in [-0.15, -0.1) is 0 Å². The number of nitrogens with zero attached hydrogens (tertiary/aromatic N) is 2. The first-order chi connectivity index (χ1) is 8.74. The Labute approximate surface area is 105 Å². The van der Waals surface area contributed by atoms with Crippen LogP contribution in [0.2, 0.25) is 0 Å². The number of aromatic nitrogens is 1. The Balaban J connectivity index is 2.24. The van der Waals surface area contributed by atoms with E-state index in [0.29, 0.717) is 5.68 Å². The maximum Gasteiger partial charge on any atom is 0.302 e. The molecule has 0 N–H and O–H groups in total. The molecule has 18 heavy (non-hydrogen) atoms. The second-order valence-electron chi connectivity index (χ2n) is 4.36. The molecule has 2 aromatic carbocycles. The van der Waals surface area contributed by atoms with Crippen molar-refractivity contribution in [3.8, 4) is 0 Å². The van der Waals surface area contributed by atoms with Crippen LogP contribution in [0.15, 0.2) is 57.9 Å². The van der Waals surface area contributed by atoms with Crippen LogP contribution in [0.3, 0.4) is 0 Å². The van der Waals surface area contributed by atoms with E-state index in [2.05, 4.69) is 24.0 Å². The zero-order chi connectivity index (χ0) is 12.5. The molecule has 0 spiro atoms. The fourth-order valence-electron chi connectivity index (χ4n) is 1.96. The molecule has 0 aliphatic rings. The molecule has 1 heterocycles. The predicted octanol–water partition coefficient (Wildman–Crippen LogP) is 3.31. The molecule has 1 aromatic heterocycles. The molecule has 0 saturated heterocycles. The lowest BCUT2D eigenvalue weighted by Gasteiger charge is -1.93. The van der Waals surface area contributed by atoms with E-state index in [1.54, 1.807) is 0 Å². The van der Waals surface area contributed by atoms with Gasteiger partial charge in [-0.1, -0.05) is 24.3 Å². The van der Waals surface area contributed by atoms with Gasteiger partial charge in [0.05, 0.1) is 11.2 Å². The highest BCUT2D eigenvalue weighted by Gasteiger charge is 2.04. The molecule has 0 amide bonds. The summed E-state index contributed by atoms with van der Waals surface area (Å²) in [6, 6.07) is 16.0. The summed E-state index contributed by atoms with van der Waals surface area (Å²) in [6.07, 6.45) is 0. The van der Waals surface area contributed by atoms with Crippen LogP contribution < -0.4 is 5.68 Å². The van der Waals surface area contributed by atoms with E-state index in [9.17, 15) is 0 Å². The van der Waals surface area contributed by atoms with Gasteiger partial charge >= 0.3 is 5.68 Å². The van der Waals surface area contributed by atoms with Gasteiger partial charge in [0.15, 0.2) is 5.58 Å². The largest absolute Gasteiger partial charge is 0.423 e. The Kier molecular flexibility index (Phi) is 2.52. The Morgan fingerprint density at radius 2 is 1.83 bits per heavy atom. The number of para-hydroxylation sites is 1. The Hall–Kier alpha value is -2.29. The van der Waals surface area contributed by atoms with Gasteiger partial charge < -0.3 is 4.42 Å². The van der Waals surface area contributed by atoms with Crippen LogP contribution in [0, 0.1) is 6.92 Å². The highest BCUT2D eigenvalue weighted by Crippen LogP contribution is 2.15. The van der Waals surface area contributed by atoms with Gasteiger partial charge in [-0.05, 0) is 36.8 Å². The zero-order valence-electron chi connectivity index (χ0n) is 10.4. The molecule has 90 valence electrons. The SMILES string of the molecule is Cc1ccc2c(c1)oc(=Nc1ccccc1)n2C. The van der Waals surface area contributed by atoms with Crippen LogP contribution in [-0.2, 0) is 7.05 Å². The van der Waals surface area contributed by atoms with Gasteiger partial charge in [-0.3, -0.25) is 4.57 Å². The molecule has 3 aromatic rings. The molecule has 0 atom stereocenters. The summed E-state index contributed by atoms with van der Waals surface area (Å²) in [4.78, 5) is 4.50. The molecule has 0 aliphatic carbocycles. The summed E-state index contributed by atoms with van der Waals surface area (Å²) in [7, 11) is 1.96. The molecule has 0 aliphatic heterocycles. The van der Waals surface area contributed by atoms with Crippen LogP contribution in [0.1, 0.15) is 5.56 Å². The Bertz CT molecular complexity index is 751. The van der Waals surface area contributed by atoms with Crippen molar-refractivity contribution in [3.05, 3.63) is 59.8 Å². The lowest BCUT2D eigenvalue weighted by atomic mass is 10.2. The average Bonchev–Trinajstić information content (AvgIpc) is 2.67. The van der Waals surface area contributed by atoms with Gasteiger partial charge in [0, 0.05) is 7.05 Å². The summed E-state index contributed by atoms with van der Waals surface area (Å²) in [5.41, 5.74) is 4.61. The summed E-state index contributed by atoms with van der Waals surface area (Å²) < 4.78 is 7.74. The third-order valence-electron chi connectivity index (χ3n) is 2.95. The van der Waals surface area contributed by atoms with Gasteiger partial charge in [-0.25, -0.2) is 0 Å². The molecule has 0 saturated carbocycles. The van der Waals surface area contributed by atoms with E-state index in [-0.39, 0.29) is 0 Å². The number of benzene rings is 2. The van der Waals surface area contributed by atoms with E-state index in [4.69, 9.17) is 4.42 Å². The first-order valence-corrected chi connectivity index (χ1v) is 5.90. The summed E-state index contributed by atoms with van der Waals surface area (Å²) in [5.74, 6) is 0. The standard InChI is InChI=1S/C15H14N2O/c1-11-8-9-13-14(10-11)18-15(17(13)2)16-12-6-4-3-5-7-12/h3-10H,1-2H3. The van der Waals surface area contributed by atoms with E-state index in [0.717, 1.165) is 16.8 Å². The fourth-order valence-corrected chi connectivity index (χ4v) is 1.96. The van der Waals surface area contributed by atoms with Crippen molar-refractivity contribution >= 4 is 16.8 Å². The number of oxazole rings is 1. The van der Waals surface area contributed by atoms with Gasteiger partial charge in [-0.2, -0.15) is 4.99 Å². The summed E-state index contributed by atoms with van der Waals surface area (Å²) in [6.45, 7) is 2.05. The number of aryl methyl sites for hydroxylation is 2. The average molecular weight is 238 g/mol. The second-order valence-corrected chi connectivity index (χ2v) is 4.36. The van der Waals surface area contributed by atoms with Crippen molar-refractivity contribution in [3.63, 3.8) is 0 Å². The second kappa shape index (κ2) is 4.18. The van der Waals surface area contributed by atoms with Crippen LogP contribution in [0.5, 0.6) is 0 Å². The van der Waals surface area contributed by atoms with Crippen LogP contribution >= 0.6 is 0 Å². The van der Waals surface area contributed by atoms with E-state index in [1.807, 2.05) is 48.0 Å². The maximum absolute atomic E-state index is 5.78. The van der Waals surface area contributed by atoms with Crippen LogP contribution in [-0.4, -0.2) is 4.57 Å². The number of fused-ring (bicyclic) bond motifs is 1. The smallest absolute Gasteiger partial charge is 0.302 e. The molecule has 0 fully saturated rings. The lowest BCUT2D eigenvalue weighted by Crippen LogP contribution is -2.10. The first-order valence-electron chi connectivity index (χ1n) is 5.90. The molecular formula is C15H14N2O. The molecular weight excluding hydrogens is 224 g/mol. The zero-order valence-corrected chi connectivity index (χ0v) is 10.4. The van der Waals surface area contributed by atoms with Crippen LogP contribution in [0.4, 0.5) is 5.69 Å². The molecule has 0 radical (unpaired) electrons. The van der Waals surface area contributed by atoms with Crippen molar-refractivity contribution in [2.45, 2.75) is 6.92 Å². The third kappa shape index (κ3) is 1.84. The minimum atomic E-state index is 0.613. The molecule has 3 rings (SSSR count). The van der Waals surface area contributed by atoms with Gasteiger partial charge in [0.1, 0.15) is 0 Å². The minimum absolute atomic E-state index is 0.613. The molecule has 3 heteroatoms. The molecule has 0 unspecified atom stereocenters. The van der Waals surface area contributed by atoms with Crippen molar-refractivity contribution in [2.24, 2.45) is 12.0 Å². The Morgan fingerprint density at radius 3 is 2.61 bits per heavy atom. The maximum atomic E-state index is 5.78. The number of hydrogen-bond donors (Lipinski definition) is 0. The van der Waals surface area contributed by atoms with Gasteiger partial charge in [0.25, 0.3) is 0 Å². The fraction of sp³-hybridized carbons (Fsp3) is 0.133. The minimum Gasteiger partial charge on any atom is -0.423 e. The lowest BCUT2D eigenvalue weighted by molar-refractivity contribution is 0.509.